The maximum Gasteiger partial charge on any atom is 0.168 e. The highest BCUT2D eigenvalue weighted by Gasteiger charge is 2.15. The maximum atomic E-state index is 11.4. The summed E-state index contributed by atoms with van der Waals surface area (Å²) in [5.41, 5.74) is 3.83. The zero-order chi connectivity index (χ0) is 17.4. The standard InChI is InChI=1S/C20H16N2O3/c1-24-17-8-7-12(9-18(17)25-2)19-20-15(10-13(11-23)21-19)14-5-3-4-6-16(14)22-20/h3-11,22H,1-2H3. The van der Waals surface area contributed by atoms with Crippen molar-refractivity contribution in [2.75, 3.05) is 14.2 Å². The van der Waals surface area contributed by atoms with Crippen LogP contribution in [0.5, 0.6) is 11.5 Å². The van der Waals surface area contributed by atoms with Crippen molar-refractivity contribution in [2.45, 2.75) is 0 Å². The molecule has 0 unspecified atom stereocenters. The van der Waals surface area contributed by atoms with Gasteiger partial charge in [0.15, 0.2) is 17.8 Å². The Balaban J connectivity index is 2.05. The lowest BCUT2D eigenvalue weighted by Crippen LogP contribution is -1.95. The van der Waals surface area contributed by atoms with Gasteiger partial charge in [0.1, 0.15) is 5.69 Å². The van der Waals surface area contributed by atoms with Gasteiger partial charge >= 0.3 is 0 Å². The number of carbonyl (C=O) groups is 1. The molecular weight excluding hydrogens is 316 g/mol. The summed E-state index contributed by atoms with van der Waals surface area (Å²) < 4.78 is 10.7. The number of aromatic nitrogens is 2. The first-order chi connectivity index (χ1) is 12.2. The molecule has 0 aliphatic heterocycles. The Hall–Kier alpha value is -3.34. The predicted molar refractivity (Wildman–Crippen MR) is 97.5 cm³/mol. The number of aldehydes is 1. The number of carbonyl (C=O) groups excluding carboxylic acids is 1. The van der Waals surface area contributed by atoms with Crippen molar-refractivity contribution in [2.24, 2.45) is 0 Å². The number of para-hydroxylation sites is 1. The van der Waals surface area contributed by atoms with Crippen molar-refractivity contribution in [1.29, 1.82) is 0 Å². The number of H-pyrrole nitrogens is 1. The molecule has 0 saturated carbocycles. The van der Waals surface area contributed by atoms with Gasteiger partial charge in [-0.1, -0.05) is 18.2 Å². The van der Waals surface area contributed by atoms with E-state index in [0.717, 1.165) is 33.7 Å². The number of aromatic amines is 1. The molecule has 4 rings (SSSR count). The summed E-state index contributed by atoms with van der Waals surface area (Å²) in [5, 5.41) is 2.03. The van der Waals surface area contributed by atoms with E-state index in [0.29, 0.717) is 22.9 Å². The number of rotatable bonds is 4. The Morgan fingerprint density at radius 2 is 1.76 bits per heavy atom. The third-order valence-corrected chi connectivity index (χ3v) is 4.29. The summed E-state index contributed by atoms with van der Waals surface area (Å²) in [4.78, 5) is 19.3. The van der Waals surface area contributed by atoms with Crippen molar-refractivity contribution >= 4 is 28.1 Å². The number of ether oxygens (including phenoxy) is 2. The normalized spacial score (nSPS) is 11.0. The van der Waals surface area contributed by atoms with Gasteiger partial charge in [-0.2, -0.15) is 0 Å². The third kappa shape index (κ3) is 2.41. The number of pyridine rings is 1. The summed E-state index contributed by atoms with van der Waals surface area (Å²) >= 11 is 0. The van der Waals surface area contributed by atoms with Crippen LogP contribution in [-0.4, -0.2) is 30.5 Å². The van der Waals surface area contributed by atoms with Gasteiger partial charge in [0.05, 0.1) is 25.4 Å². The second kappa shape index (κ2) is 5.94. The molecular formula is C20H16N2O3. The number of nitrogens with one attached hydrogen (secondary N) is 1. The Morgan fingerprint density at radius 3 is 2.52 bits per heavy atom. The van der Waals surface area contributed by atoms with Crippen LogP contribution in [0.2, 0.25) is 0 Å². The summed E-state index contributed by atoms with van der Waals surface area (Å²) in [6.45, 7) is 0. The van der Waals surface area contributed by atoms with Crippen molar-refractivity contribution in [3.05, 3.63) is 54.2 Å². The average Bonchev–Trinajstić information content (AvgIpc) is 3.05. The van der Waals surface area contributed by atoms with E-state index in [1.807, 2.05) is 48.5 Å². The molecule has 2 aromatic carbocycles. The van der Waals surface area contributed by atoms with Crippen LogP contribution in [0, 0.1) is 0 Å². The molecule has 0 atom stereocenters. The molecule has 0 spiro atoms. The molecule has 4 aromatic rings. The summed E-state index contributed by atoms with van der Waals surface area (Å²) in [7, 11) is 3.19. The number of methoxy groups -OCH3 is 2. The molecule has 0 saturated heterocycles. The van der Waals surface area contributed by atoms with Crippen molar-refractivity contribution < 1.29 is 14.3 Å². The zero-order valence-electron chi connectivity index (χ0n) is 13.9. The molecule has 5 heteroatoms. The van der Waals surface area contributed by atoms with E-state index in [1.54, 1.807) is 14.2 Å². The van der Waals surface area contributed by atoms with Gasteiger partial charge in [-0.05, 0) is 30.3 Å². The van der Waals surface area contributed by atoms with Gasteiger partial charge in [-0.3, -0.25) is 4.79 Å². The maximum absolute atomic E-state index is 11.4. The van der Waals surface area contributed by atoms with E-state index in [1.165, 1.54) is 0 Å². The summed E-state index contributed by atoms with van der Waals surface area (Å²) in [6.07, 6.45) is 0.769. The van der Waals surface area contributed by atoms with E-state index in [2.05, 4.69) is 9.97 Å². The first kappa shape index (κ1) is 15.2. The Kier molecular flexibility index (Phi) is 3.61. The van der Waals surface area contributed by atoms with Crippen molar-refractivity contribution in [3.63, 3.8) is 0 Å². The Labute approximate surface area is 144 Å². The molecule has 124 valence electrons. The molecule has 0 amide bonds. The van der Waals surface area contributed by atoms with Crippen LogP contribution in [-0.2, 0) is 0 Å². The van der Waals surface area contributed by atoms with Crippen LogP contribution < -0.4 is 9.47 Å². The minimum Gasteiger partial charge on any atom is -0.493 e. The molecule has 0 aliphatic carbocycles. The quantitative estimate of drug-likeness (QED) is 0.569. The van der Waals surface area contributed by atoms with E-state index in [9.17, 15) is 4.79 Å². The summed E-state index contributed by atoms with van der Waals surface area (Å²) in [6, 6.07) is 15.4. The van der Waals surface area contributed by atoms with Crippen LogP contribution in [0.1, 0.15) is 10.5 Å². The largest absolute Gasteiger partial charge is 0.493 e. The minimum absolute atomic E-state index is 0.391. The van der Waals surface area contributed by atoms with E-state index in [-0.39, 0.29) is 0 Å². The fourth-order valence-corrected chi connectivity index (χ4v) is 3.12. The van der Waals surface area contributed by atoms with Crippen molar-refractivity contribution in [1.82, 2.24) is 9.97 Å². The van der Waals surface area contributed by atoms with Gasteiger partial charge < -0.3 is 14.5 Å². The van der Waals surface area contributed by atoms with Gasteiger partial charge in [-0.25, -0.2) is 4.98 Å². The smallest absolute Gasteiger partial charge is 0.168 e. The highest BCUT2D eigenvalue weighted by atomic mass is 16.5. The molecule has 5 nitrogen and oxygen atoms in total. The van der Waals surface area contributed by atoms with Gasteiger partial charge in [0, 0.05) is 21.9 Å². The highest BCUT2D eigenvalue weighted by Crippen LogP contribution is 2.36. The average molecular weight is 332 g/mol. The second-order valence-electron chi connectivity index (χ2n) is 5.68. The highest BCUT2D eigenvalue weighted by molar-refractivity contribution is 6.12. The molecule has 2 aromatic heterocycles. The predicted octanol–water partition coefficient (Wildman–Crippen LogP) is 4.21. The first-order valence-corrected chi connectivity index (χ1v) is 7.84. The van der Waals surface area contributed by atoms with E-state index >= 15 is 0 Å². The van der Waals surface area contributed by atoms with E-state index in [4.69, 9.17) is 9.47 Å². The molecule has 0 bridgehead atoms. The van der Waals surface area contributed by atoms with Gasteiger partial charge in [-0.15, -0.1) is 0 Å². The summed E-state index contributed by atoms with van der Waals surface area (Å²) in [5.74, 6) is 1.26. The molecule has 0 aliphatic rings. The minimum atomic E-state index is 0.391. The number of benzene rings is 2. The topological polar surface area (TPSA) is 64.2 Å². The lowest BCUT2D eigenvalue weighted by atomic mass is 10.1. The fraction of sp³-hybridized carbons (Fsp3) is 0.100. The lowest BCUT2D eigenvalue weighted by Gasteiger charge is -2.10. The van der Waals surface area contributed by atoms with Crippen LogP contribution in [0.4, 0.5) is 0 Å². The molecule has 0 radical (unpaired) electrons. The Bertz CT molecular complexity index is 1100. The van der Waals surface area contributed by atoms with E-state index < -0.39 is 0 Å². The zero-order valence-corrected chi connectivity index (χ0v) is 13.9. The van der Waals surface area contributed by atoms with Crippen molar-refractivity contribution in [3.8, 4) is 22.8 Å². The fourth-order valence-electron chi connectivity index (χ4n) is 3.12. The van der Waals surface area contributed by atoms with Gasteiger partial charge in [0.25, 0.3) is 0 Å². The second-order valence-corrected chi connectivity index (χ2v) is 5.68. The van der Waals surface area contributed by atoms with Crippen LogP contribution in [0.3, 0.4) is 0 Å². The number of hydrogen-bond donors (Lipinski definition) is 1. The van der Waals surface area contributed by atoms with Crippen LogP contribution in [0.25, 0.3) is 33.1 Å². The van der Waals surface area contributed by atoms with Crippen LogP contribution >= 0.6 is 0 Å². The number of fused-ring (bicyclic) bond motifs is 3. The molecule has 2 heterocycles. The molecule has 1 N–H and O–H groups in total. The SMILES string of the molecule is COc1ccc(-c2nc(C=O)cc3c2[nH]c2ccccc23)cc1OC. The monoisotopic (exact) mass is 332 g/mol. The number of hydrogen-bond acceptors (Lipinski definition) is 4. The Morgan fingerprint density at radius 1 is 0.960 bits per heavy atom. The van der Waals surface area contributed by atoms with Crippen LogP contribution in [0.15, 0.2) is 48.5 Å². The lowest BCUT2D eigenvalue weighted by molar-refractivity contribution is 0.111. The molecule has 0 fully saturated rings. The first-order valence-electron chi connectivity index (χ1n) is 7.84. The molecule has 25 heavy (non-hydrogen) atoms. The number of nitrogens with zero attached hydrogens (tertiary/aromatic N) is 1. The van der Waals surface area contributed by atoms with Gasteiger partial charge in [0.2, 0.25) is 0 Å². The third-order valence-electron chi connectivity index (χ3n) is 4.29.